The van der Waals surface area contributed by atoms with Gasteiger partial charge in [-0.05, 0) is 36.8 Å². The van der Waals surface area contributed by atoms with Crippen molar-refractivity contribution in [2.24, 2.45) is 11.8 Å². The summed E-state index contributed by atoms with van der Waals surface area (Å²) in [5, 5.41) is 10.4. The molecule has 0 aromatic heterocycles. The van der Waals surface area contributed by atoms with E-state index >= 15 is 0 Å². The van der Waals surface area contributed by atoms with Gasteiger partial charge >= 0.3 is 0 Å². The van der Waals surface area contributed by atoms with Crippen molar-refractivity contribution in [3.8, 4) is 0 Å². The van der Waals surface area contributed by atoms with E-state index in [2.05, 4.69) is 13.2 Å². The van der Waals surface area contributed by atoms with Crippen LogP contribution in [0.3, 0.4) is 0 Å². The van der Waals surface area contributed by atoms with Crippen molar-refractivity contribution in [1.29, 1.82) is 0 Å². The SMILES string of the molecule is C=CCN(Cc1ccccc1)C(=O)C1N([C@@H](CC)CO)C(=O)[C@@H]2[C@H](C(=O)N(CC=C)Cc3ccccc3)[C@]3(CC)CCC12O3. The van der Waals surface area contributed by atoms with E-state index in [1.54, 1.807) is 26.9 Å². The molecule has 1 spiro atoms. The molecular weight excluding hydrogens is 554 g/mol. The molecular formula is C36H45N3O5. The number of aliphatic hydroxyl groups is 1. The molecule has 44 heavy (non-hydrogen) atoms. The number of aliphatic hydroxyl groups excluding tert-OH is 1. The summed E-state index contributed by atoms with van der Waals surface area (Å²) < 4.78 is 6.99. The van der Waals surface area contributed by atoms with Crippen LogP contribution in [0.5, 0.6) is 0 Å². The molecule has 3 heterocycles. The molecule has 0 aliphatic carbocycles. The molecule has 5 rings (SSSR count). The summed E-state index contributed by atoms with van der Waals surface area (Å²) in [5.41, 5.74) is -0.0957. The van der Waals surface area contributed by atoms with E-state index in [4.69, 9.17) is 4.74 Å². The van der Waals surface area contributed by atoms with Crippen LogP contribution in [0.15, 0.2) is 86.0 Å². The fourth-order valence-electron chi connectivity index (χ4n) is 7.87. The van der Waals surface area contributed by atoms with Crippen molar-refractivity contribution < 1.29 is 24.2 Å². The van der Waals surface area contributed by atoms with Crippen molar-refractivity contribution in [3.05, 3.63) is 97.1 Å². The second-order valence-electron chi connectivity index (χ2n) is 12.3. The number of carbonyl (C=O) groups excluding carboxylic acids is 3. The van der Waals surface area contributed by atoms with Gasteiger partial charge in [0.15, 0.2) is 0 Å². The molecule has 1 N–H and O–H groups in total. The standard InChI is InChI=1S/C36H45N3O5/c1-5-21-37(23-26-15-11-9-12-16-26)32(41)29-30-33(42)39(28(7-3)25-40)31(36(30)20-19-35(29,8-4)44-36)34(43)38(22-6-2)24-27-17-13-10-14-18-27/h5-6,9-18,28-31,40H,1-2,7-8,19-25H2,3-4H3/t28-,29+,30-,31?,35-,36?/m0/s1. The average molecular weight is 600 g/mol. The summed E-state index contributed by atoms with van der Waals surface area (Å²) in [4.78, 5) is 49.0. The Kier molecular flexibility index (Phi) is 9.42. The summed E-state index contributed by atoms with van der Waals surface area (Å²) in [6.45, 7) is 12.7. The maximum atomic E-state index is 14.7. The summed E-state index contributed by atoms with van der Waals surface area (Å²) in [6.07, 6.45) is 5.45. The molecule has 2 aromatic carbocycles. The minimum absolute atomic E-state index is 0.159. The van der Waals surface area contributed by atoms with Gasteiger partial charge in [-0.15, -0.1) is 13.2 Å². The normalized spacial score (nSPS) is 27.6. The molecule has 3 amide bonds. The predicted octanol–water partition coefficient (Wildman–Crippen LogP) is 4.34. The van der Waals surface area contributed by atoms with Crippen LogP contribution in [0.25, 0.3) is 0 Å². The third-order valence-corrected chi connectivity index (χ3v) is 9.95. The highest BCUT2D eigenvalue weighted by Crippen LogP contribution is 2.65. The molecule has 3 aliphatic rings. The molecule has 3 fully saturated rings. The molecule has 2 aromatic rings. The van der Waals surface area contributed by atoms with E-state index in [0.29, 0.717) is 45.3 Å². The third-order valence-electron chi connectivity index (χ3n) is 9.95. The molecule has 0 saturated carbocycles. The maximum Gasteiger partial charge on any atom is 0.249 e. The topological polar surface area (TPSA) is 90.4 Å². The monoisotopic (exact) mass is 599 g/mol. The van der Waals surface area contributed by atoms with Gasteiger partial charge in [0, 0.05) is 26.2 Å². The molecule has 6 atom stereocenters. The van der Waals surface area contributed by atoms with Gasteiger partial charge in [0.05, 0.1) is 30.1 Å². The first kappa shape index (κ1) is 31.7. The quantitative estimate of drug-likeness (QED) is 0.327. The zero-order valence-electron chi connectivity index (χ0n) is 25.9. The van der Waals surface area contributed by atoms with Gasteiger partial charge < -0.3 is 24.5 Å². The summed E-state index contributed by atoms with van der Waals surface area (Å²) in [6, 6.07) is 17.9. The van der Waals surface area contributed by atoms with Crippen LogP contribution >= 0.6 is 0 Å². The van der Waals surface area contributed by atoms with Gasteiger partial charge in [0.25, 0.3) is 0 Å². The molecule has 2 bridgehead atoms. The van der Waals surface area contributed by atoms with Crippen LogP contribution in [0.1, 0.15) is 50.7 Å². The summed E-state index contributed by atoms with van der Waals surface area (Å²) in [7, 11) is 0. The maximum absolute atomic E-state index is 14.7. The van der Waals surface area contributed by atoms with E-state index in [0.717, 1.165) is 11.1 Å². The number of carbonyl (C=O) groups is 3. The Bertz CT molecular complexity index is 1360. The van der Waals surface area contributed by atoms with Crippen molar-refractivity contribution >= 4 is 17.7 Å². The Balaban J connectivity index is 1.58. The molecule has 8 heteroatoms. The van der Waals surface area contributed by atoms with E-state index in [1.807, 2.05) is 74.5 Å². The molecule has 3 saturated heterocycles. The average Bonchev–Trinajstić information content (AvgIpc) is 3.65. The van der Waals surface area contributed by atoms with Crippen LogP contribution in [0.2, 0.25) is 0 Å². The number of ether oxygens (including phenoxy) is 1. The van der Waals surface area contributed by atoms with E-state index < -0.39 is 35.1 Å². The largest absolute Gasteiger partial charge is 0.394 e. The number of fused-ring (bicyclic) bond motifs is 1. The van der Waals surface area contributed by atoms with Crippen molar-refractivity contribution in [3.63, 3.8) is 0 Å². The highest BCUT2D eigenvalue weighted by Gasteiger charge is 2.79. The Labute approximate surface area is 261 Å². The van der Waals surface area contributed by atoms with Crippen molar-refractivity contribution in [1.82, 2.24) is 14.7 Å². The minimum atomic E-state index is -1.17. The van der Waals surface area contributed by atoms with Gasteiger partial charge in [-0.1, -0.05) is 86.7 Å². The molecule has 0 radical (unpaired) electrons. The summed E-state index contributed by atoms with van der Waals surface area (Å²) >= 11 is 0. The van der Waals surface area contributed by atoms with Gasteiger partial charge in [-0.3, -0.25) is 14.4 Å². The number of likely N-dealkylation sites (tertiary alicyclic amines) is 1. The van der Waals surface area contributed by atoms with E-state index in [9.17, 15) is 19.5 Å². The predicted molar refractivity (Wildman–Crippen MR) is 169 cm³/mol. The lowest BCUT2D eigenvalue weighted by molar-refractivity contribution is -0.158. The smallest absolute Gasteiger partial charge is 0.249 e. The van der Waals surface area contributed by atoms with Crippen LogP contribution in [-0.2, 0) is 32.2 Å². The first-order chi connectivity index (χ1) is 21.3. The molecule has 8 nitrogen and oxygen atoms in total. The van der Waals surface area contributed by atoms with Gasteiger partial charge in [-0.25, -0.2) is 0 Å². The number of amides is 3. The van der Waals surface area contributed by atoms with Gasteiger partial charge in [0.1, 0.15) is 11.6 Å². The zero-order valence-corrected chi connectivity index (χ0v) is 25.9. The zero-order chi connectivity index (χ0) is 31.5. The Morgan fingerprint density at radius 2 is 1.50 bits per heavy atom. The van der Waals surface area contributed by atoms with Gasteiger partial charge in [0.2, 0.25) is 17.7 Å². The van der Waals surface area contributed by atoms with Crippen LogP contribution in [-0.4, -0.2) is 80.5 Å². The van der Waals surface area contributed by atoms with Gasteiger partial charge in [-0.2, -0.15) is 0 Å². The highest BCUT2D eigenvalue weighted by atomic mass is 16.5. The summed E-state index contributed by atoms with van der Waals surface area (Å²) in [5.74, 6) is -2.27. The lowest BCUT2D eigenvalue weighted by Crippen LogP contribution is -2.58. The minimum Gasteiger partial charge on any atom is -0.394 e. The van der Waals surface area contributed by atoms with Crippen molar-refractivity contribution in [2.45, 2.75) is 75.9 Å². The Hall–Kier alpha value is -3.75. The Morgan fingerprint density at radius 1 is 0.955 bits per heavy atom. The number of nitrogens with zero attached hydrogens (tertiary/aromatic N) is 3. The fraction of sp³-hybridized carbons (Fsp3) is 0.472. The second-order valence-corrected chi connectivity index (χ2v) is 12.3. The first-order valence-electron chi connectivity index (χ1n) is 15.8. The lowest BCUT2D eigenvalue weighted by atomic mass is 9.64. The van der Waals surface area contributed by atoms with Crippen LogP contribution < -0.4 is 0 Å². The van der Waals surface area contributed by atoms with Crippen molar-refractivity contribution in [2.75, 3.05) is 19.7 Å². The number of benzene rings is 2. The fourth-order valence-corrected chi connectivity index (χ4v) is 7.87. The Morgan fingerprint density at radius 3 is 1.98 bits per heavy atom. The van der Waals surface area contributed by atoms with E-state index in [-0.39, 0.29) is 30.9 Å². The molecule has 3 aliphatic heterocycles. The highest BCUT2D eigenvalue weighted by molar-refractivity contribution is 5.99. The molecule has 2 unspecified atom stereocenters. The number of hydrogen-bond acceptors (Lipinski definition) is 5. The lowest BCUT2D eigenvalue weighted by Gasteiger charge is -2.39. The number of rotatable bonds is 14. The van der Waals surface area contributed by atoms with Crippen LogP contribution in [0.4, 0.5) is 0 Å². The first-order valence-corrected chi connectivity index (χ1v) is 15.8. The number of hydrogen-bond donors (Lipinski definition) is 1. The molecule has 234 valence electrons. The van der Waals surface area contributed by atoms with E-state index in [1.165, 1.54) is 0 Å². The third kappa shape index (κ3) is 5.28. The second kappa shape index (κ2) is 13.1. The van der Waals surface area contributed by atoms with Crippen LogP contribution in [0, 0.1) is 11.8 Å².